The Morgan fingerprint density at radius 1 is 1.15 bits per heavy atom. The van der Waals surface area contributed by atoms with Crippen LogP contribution in [0.2, 0.25) is 0 Å². The number of benzene rings is 2. The largest absolute Gasteiger partial charge is 0.435 e. The van der Waals surface area contributed by atoms with Crippen LogP contribution in [0.25, 0.3) is 0 Å². The number of para-hydroxylation sites is 1. The fourth-order valence-corrected chi connectivity index (χ4v) is 4.32. The number of fused-ring (bicyclic) bond motifs is 1. The number of thiazole rings is 1. The van der Waals surface area contributed by atoms with Gasteiger partial charge in [0.1, 0.15) is 5.75 Å². The van der Waals surface area contributed by atoms with Crippen molar-refractivity contribution in [3.63, 3.8) is 0 Å². The number of anilines is 2. The zero-order chi connectivity index (χ0) is 18.1. The standard InChI is InChI=1S/C19H17F2N3OS/c20-19(21)25-13-7-5-12(6-8-13)24-10-9-16-18(26-11-23-16)17(24)14-3-1-2-4-15(14)22/h1-8,11,17,19H,9-10,22H2. The van der Waals surface area contributed by atoms with Gasteiger partial charge in [0.05, 0.1) is 22.1 Å². The van der Waals surface area contributed by atoms with E-state index >= 15 is 0 Å². The molecule has 1 aromatic heterocycles. The lowest BCUT2D eigenvalue weighted by Crippen LogP contribution is -2.35. The van der Waals surface area contributed by atoms with E-state index in [4.69, 9.17) is 5.73 Å². The summed E-state index contributed by atoms with van der Waals surface area (Å²) in [6, 6.07) is 14.5. The van der Waals surface area contributed by atoms with E-state index in [1.807, 2.05) is 29.8 Å². The third-order valence-electron chi connectivity index (χ3n) is 4.51. The molecule has 134 valence electrons. The van der Waals surface area contributed by atoms with Crippen molar-refractivity contribution in [2.45, 2.75) is 19.1 Å². The van der Waals surface area contributed by atoms with Crippen molar-refractivity contribution in [1.82, 2.24) is 4.98 Å². The van der Waals surface area contributed by atoms with Crippen LogP contribution < -0.4 is 15.4 Å². The van der Waals surface area contributed by atoms with E-state index in [1.165, 1.54) is 4.88 Å². The number of hydrogen-bond acceptors (Lipinski definition) is 5. The van der Waals surface area contributed by atoms with Crippen LogP contribution in [0.5, 0.6) is 5.75 Å². The van der Waals surface area contributed by atoms with E-state index in [1.54, 1.807) is 35.6 Å². The van der Waals surface area contributed by atoms with Crippen LogP contribution in [0.3, 0.4) is 0 Å². The molecule has 2 aromatic carbocycles. The van der Waals surface area contributed by atoms with Crippen LogP contribution in [0.4, 0.5) is 20.2 Å². The Balaban J connectivity index is 1.74. The monoisotopic (exact) mass is 373 g/mol. The minimum absolute atomic E-state index is 0.0469. The predicted molar refractivity (Wildman–Crippen MR) is 98.9 cm³/mol. The maximum atomic E-state index is 12.4. The van der Waals surface area contributed by atoms with E-state index in [2.05, 4.69) is 14.6 Å². The first-order valence-electron chi connectivity index (χ1n) is 8.21. The molecule has 4 nitrogen and oxygen atoms in total. The molecule has 0 saturated heterocycles. The zero-order valence-electron chi connectivity index (χ0n) is 13.8. The first-order chi connectivity index (χ1) is 12.6. The van der Waals surface area contributed by atoms with Gasteiger partial charge in [-0.05, 0) is 30.3 Å². The van der Waals surface area contributed by atoms with Crippen LogP contribution in [-0.2, 0) is 6.42 Å². The van der Waals surface area contributed by atoms with Crippen molar-refractivity contribution in [2.24, 2.45) is 0 Å². The molecule has 26 heavy (non-hydrogen) atoms. The normalized spacial score (nSPS) is 16.6. The molecule has 0 spiro atoms. The van der Waals surface area contributed by atoms with Gasteiger partial charge >= 0.3 is 6.61 Å². The summed E-state index contributed by atoms with van der Waals surface area (Å²) < 4.78 is 29.2. The van der Waals surface area contributed by atoms with Crippen LogP contribution in [0.1, 0.15) is 22.2 Å². The van der Waals surface area contributed by atoms with Crippen molar-refractivity contribution in [2.75, 3.05) is 17.2 Å². The number of rotatable bonds is 4. The van der Waals surface area contributed by atoms with Gasteiger partial charge in [-0.1, -0.05) is 18.2 Å². The lowest BCUT2D eigenvalue weighted by atomic mass is 9.95. The molecular formula is C19H17F2N3OS. The highest BCUT2D eigenvalue weighted by Gasteiger charge is 2.32. The Morgan fingerprint density at radius 3 is 2.65 bits per heavy atom. The molecule has 7 heteroatoms. The summed E-state index contributed by atoms with van der Waals surface area (Å²) in [5, 5.41) is 0. The molecular weight excluding hydrogens is 356 g/mol. The summed E-state index contributed by atoms with van der Waals surface area (Å²) >= 11 is 1.61. The van der Waals surface area contributed by atoms with Gasteiger partial charge in [-0.2, -0.15) is 8.78 Å². The Hall–Kier alpha value is -2.67. The minimum Gasteiger partial charge on any atom is -0.435 e. The number of hydrogen-bond donors (Lipinski definition) is 1. The average molecular weight is 373 g/mol. The van der Waals surface area contributed by atoms with Gasteiger partial charge in [0.2, 0.25) is 0 Å². The average Bonchev–Trinajstić information content (AvgIpc) is 3.10. The summed E-state index contributed by atoms with van der Waals surface area (Å²) in [7, 11) is 0. The van der Waals surface area contributed by atoms with Gasteiger partial charge in [0, 0.05) is 29.9 Å². The zero-order valence-corrected chi connectivity index (χ0v) is 14.6. The van der Waals surface area contributed by atoms with Gasteiger partial charge in [0.15, 0.2) is 0 Å². The minimum atomic E-state index is -2.83. The summed E-state index contributed by atoms with van der Waals surface area (Å²) in [6.07, 6.45) is 0.831. The van der Waals surface area contributed by atoms with E-state index < -0.39 is 6.61 Å². The number of ether oxygens (including phenoxy) is 1. The molecule has 0 amide bonds. The Labute approximate surface area is 153 Å². The lowest BCUT2D eigenvalue weighted by molar-refractivity contribution is -0.0498. The lowest BCUT2D eigenvalue weighted by Gasteiger charge is -2.37. The predicted octanol–water partition coefficient (Wildman–Crippen LogP) is 4.48. The Bertz CT molecular complexity index is 898. The van der Waals surface area contributed by atoms with E-state index in [-0.39, 0.29) is 11.8 Å². The molecule has 0 radical (unpaired) electrons. The van der Waals surface area contributed by atoms with Gasteiger partial charge in [-0.15, -0.1) is 11.3 Å². The second kappa shape index (κ2) is 6.92. The SMILES string of the molecule is Nc1ccccc1C1c2scnc2CCN1c1ccc(OC(F)F)cc1. The molecule has 0 bridgehead atoms. The first kappa shape index (κ1) is 16.8. The molecule has 1 aliphatic rings. The third kappa shape index (κ3) is 3.10. The summed E-state index contributed by atoms with van der Waals surface area (Å²) in [4.78, 5) is 7.89. The fraction of sp³-hybridized carbons (Fsp3) is 0.211. The number of alkyl halides is 2. The van der Waals surface area contributed by atoms with E-state index in [0.29, 0.717) is 0 Å². The smallest absolute Gasteiger partial charge is 0.387 e. The van der Waals surface area contributed by atoms with Gasteiger partial charge < -0.3 is 15.4 Å². The molecule has 2 heterocycles. The number of aromatic nitrogens is 1. The van der Waals surface area contributed by atoms with Crippen LogP contribution in [0.15, 0.2) is 54.0 Å². The summed E-state index contributed by atoms with van der Waals surface area (Å²) in [5.74, 6) is 0.148. The molecule has 1 aliphatic heterocycles. The van der Waals surface area contributed by atoms with E-state index in [0.717, 1.165) is 35.6 Å². The molecule has 0 saturated carbocycles. The number of nitrogens with two attached hydrogens (primary N) is 1. The molecule has 2 N–H and O–H groups in total. The fourth-order valence-electron chi connectivity index (χ4n) is 3.35. The third-order valence-corrected chi connectivity index (χ3v) is 5.43. The highest BCUT2D eigenvalue weighted by atomic mass is 32.1. The van der Waals surface area contributed by atoms with Crippen LogP contribution >= 0.6 is 11.3 Å². The molecule has 0 aliphatic carbocycles. The number of nitrogens with zero attached hydrogens (tertiary/aromatic N) is 2. The first-order valence-corrected chi connectivity index (χ1v) is 9.09. The quantitative estimate of drug-likeness (QED) is 0.685. The van der Waals surface area contributed by atoms with Crippen LogP contribution in [0, 0.1) is 0 Å². The summed E-state index contributed by atoms with van der Waals surface area (Å²) in [5.41, 5.74) is 11.9. The highest BCUT2D eigenvalue weighted by Crippen LogP contribution is 2.42. The summed E-state index contributed by atoms with van der Waals surface area (Å²) in [6.45, 7) is -2.06. The van der Waals surface area contributed by atoms with Crippen LogP contribution in [-0.4, -0.2) is 18.1 Å². The van der Waals surface area contributed by atoms with Crippen molar-refractivity contribution < 1.29 is 13.5 Å². The van der Waals surface area contributed by atoms with Crippen molar-refractivity contribution in [3.05, 3.63) is 70.2 Å². The van der Waals surface area contributed by atoms with Crippen molar-refractivity contribution >= 4 is 22.7 Å². The maximum Gasteiger partial charge on any atom is 0.387 e. The molecule has 4 rings (SSSR count). The highest BCUT2D eigenvalue weighted by molar-refractivity contribution is 7.09. The topological polar surface area (TPSA) is 51.4 Å². The van der Waals surface area contributed by atoms with Crippen molar-refractivity contribution in [1.29, 1.82) is 0 Å². The molecule has 1 unspecified atom stereocenters. The van der Waals surface area contributed by atoms with Gasteiger partial charge in [-0.25, -0.2) is 4.98 Å². The van der Waals surface area contributed by atoms with Crippen molar-refractivity contribution in [3.8, 4) is 5.75 Å². The number of nitrogen functional groups attached to an aromatic ring is 1. The maximum absolute atomic E-state index is 12.4. The second-order valence-corrected chi connectivity index (χ2v) is 6.90. The van der Waals surface area contributed by atoms with Gasteiger partial charge in [-0.3, -0.25) is 0 Å². The molecule has 1 atom stereocenters. The Kier molecular flexibility index (Phi) is 4.46. The number of halogens is 2. The molecule has 0 fully saturated rings. The molecule has 3 aromatic rings. The Morgan fingerprint density at radius 2 is 1.92 bits per heavy atom. The second-order valence-electron chi connectivity index (χ2n) is 6.01. The van der Waals surface area contributed by atoms with E-state index in [9.17, 15) is 8.78 Å². The van der Waals surface area contributed by atoms with Gasteiger partial charge in [0.25, 0.3) is 0 Å².